The topological polar surface area (TPSA) is 60.5 Å². The van der Waals surface area contributed by atoms with E-state index in [4.69, 9.17) is 4.74 Å². The number of pyridine rings is 1. The van der Waals surface area contributed by atoms with Crippen molar-refractivity contribution in [1.82, 2.24) is 10.3 Å². The van der Waals surface area contributed by atoms with E-state index in [0.29, 0.717) is 18.2 Å². The molecule has 0 spiro atoms. The van der Waals surface area contributed by atoms with Gasteiger partial charge in [0.1, 0.15) is 5.75 Å². The fourth-order valence-corrected chi connectivity index (χ4v) is 1.53. The minimum absolute atomic E-state index is 0.0988. The zero-order valence-electron chi connectivity index (χ0n) is 12.0. The number of rotatable bonds is 7. The molecule has 1 aromatic heterocycles. The average Bonchev–Trinajstić information content (AvgIpc) is 2.37. The van der Waals surface area contributed by atoms with Crippen LogP contribution in [0, 0.1) is 12.8 Å². The molecule has 1 N–H and O–H groups in total. The van der Waals surface area contributed by atoms with Gasteiger partial charge in [-0.2, -0.15) is 0 Å². The van der Waals surface area contributed by atoms with E-state index in [9.17, 15) is 4.79 Å². The molecule has 0 atom stereocenters. The van der Waals surface area contributed by atoms with E-state index in [-0.39, 0.29) is 6.61 Å². The SMILES string of the molecule is COC(=O)COc1ccc(C)nc1CNCC(C)C. The van der Waals surface area contributed by atoms with Crippen molar-refractivity contribution in [2.24, 2.45) is 5.92 Å². The van der Waals surface area contributed by atoms with E-state index < -0.39 is 5.97 Å². The number of aromatic nitrogens is 1. The van der Waals surface area contributed by atoms with Crippen molar-refractivity contribution in [3.8, 4) is 5.75 Å². The normalized spacial score (nSPS) is 10.6. The molecule has 0 aliphatic rings. The zero-order chi connectivity index (χ0) is 14.3. The molecular weight excluding hydrogens is 244 g/mol. The number of nitrogens with zero attached hydrogens (tertiary/aromatic N) is 1. The van der Waals surface area contributed by atoms with Crippen LogP contribution in [0.5, 0.6) is 5.75 Å². The summed E-state index contributed by atoms with van der Waals surface area (Å²) in [5.41, 5.74) is 1.73. The Kier molecular flexibility index (Phi) is 6.29. The van der Waals surface area contributed by atoms with Gasteiger partial charge in [0.25, 0.3) is 0 Å². The Hall–Kier alpha value is -1.62. The predicted octanol–water partition coefficient (Wildman–Crippen LogP) is 1.69. The second-order valence-corrected chi connectivity index (χ2v) is 4.79. The van der Waals surface area contributed by atoms with Crippen LogP contribution >= 0.6 is 0 Å². The van der Waals surface area contributed by atoms with Crippen molar-refractivity contribution in [3.63, 3.8) is 0 Å². The molecule has 1 heterocycles. The summed E-state index contributed by atoms with van der Waals surface area (Å²) in [5.74, 6) is 0.790. The van der Waals surface area contributed by atoms with E-state index >= 15 is 0 Å². The molecular formula is C14H22N2O3. The van der Waals surface area contributed by atoms with Gasteiger partial charge in [0.2, 0.25) is 0 Å². The van der Waals surface area contributed by atoms with Gasteiger partial charge in [-0.25, -0.2) is 4.79 Å². The van der Waals surface area contributed by atoms with Crippen LogP contribution < -0.4 is 10.1 Å². The number of nitrogens with one attached hydrogen (secondary N) is 1. The first-order valence-electron chi connectivity index (χ1n) is 6.39. The monoisotopic (exact) mass is 266 g/mol. The van der Waals surface area contributed by atoms with Gasteiger partial charge in [-0.3, -0.25) is 4.98 Å². The average molecular weight is 266 g/mol. The summed E-state index contributed by atoms with van der Waals surface area (Å²) in [7, 11) is 1.34. The highest BCUT2D eigenvalue weighted by atomic mass is 16.6. The first-order valence-corrected chi connectivity index (χ1v) is 6.39. The van der Waals surface area contributed by atoms with Crippen LogP contribution in [0.2, 0.25) is 0 Å². The highest BCUT2D eigenvalue weighted by Gasteiger charge is 2.09. The van der Waals surface area contributed by atoms with Crippen LogP contribution in [0.1, 0.15) is 25.2 Å². The largest absolute Gasteiger partial charge is 0.480 e. The number of hydrogen-bond donors (Lipinski definition) is 1. The Balaban J connectivity index is 2.65. The third kappa shape index (κ3) is 5.70. The highest BCUT2D eigenvalue weighted by Crippen LogP contribution is 2.17. The van der Waals surface area contributed by atoms with E-state index in [1.807, 2.05) is 19.1 Å². The summed E-state index contributed by atoms with van der Waals surface area (Å²) in [6, 6.07) is 3.69. The molecule has 0 aromatic carbocycles. The third-order valence-corrected chi connectivity index (χ3v) is 2.49. The lowest BCUT2D eigenvalue weighted by atomic mass is 10.2. The van der Waals surface area contributed by atoms with E-state index in [1.165, 1.54) is 7.11 Å². The van der Waals surface area contributed by atoms with Crippen molar-refractivity contribution in [2.45, 2.75) is 27.3 Å². The van der Waals surface area contributed by atoms with Crippen LogP contribution in [-0.2, 0) is 16.1 Å². The standard InChI is InChI=1S/C14H22N2O3/c1-10(2)7-15-8-12-13(6-5-11(3)16-12)19-9-14(17)18-4/h5-6,10,15H,7-9H2,1-4H3. The first kappa shape index (κ1) is 15.4. The lowest BCUT2D eigenvalue weighted by molar-refractivity contribution is -0.142. The number of carbonyl (C=O) groups is 1. The van der Waals surface area contributed by atoms with Gasteiger partial charge in [0.05, 0.1) is 12.8 Å². The molecule has 0 saturated heterocycles. The minimum Gasteiger partial charge on any atom is -0.480 e. The molecule has 0 amide bonds. The maximum Gasteiger partial charge on any atom is 0.343 e. The van der Waals surface area contributed by atoms with Gasteiger partial charge in [-0.1, -0.05) is 13.8 Å². The van der Waals surface area contributed by atoms with Gasteiger partial charge in [0, 0.05) is 12.2 Å². The Morgan fingerprint density at radius 1 is 1.42 bits per heavy atom. The van der Waals surface area contributed by atoms with Crippen LogP contribution in [0.25, 0.3) is 0 Å². The van der Waals surface area contributed by atoms with Crippen LogP contribution in [0.4, 0.5) is 0 Å². The van der Waals surface area contributed by atoms with Crippen LogP contribution in [0.3, 0.4) is 0 Å². The maximum atomic E-state index is 11.1. The smallest absolute Gasteiger partial charge is 0.343 e. The Morgan fingerprint density at radius 2 is 2.16 bits per heavy atom. The summed E-state index contributed by atoms with van der Waals surface area (Å²) >= 11 is 0. The van der Waals surface area contributed by atoms with Gasteiger partial charge < -0.3 is 14.8 Å². The Labute approximate surface area is 114 Å². The fraction of sp³-hybridized carbons (Fsp3) is 0.571. The highest BCUT2D eigenvalue weighted by molar-refractivity contribution is 5.70. The molecule has 0 saturated carbocycles. The molecule has 0 radical (unpaired) electrons. The van der Waals surface area contributed by atoms with Crippen molar-refractivity contribution in [2.75, 3.05) is 20.3 Å². The first-order chi connectivity index (χ1) is 9.02. The lowest BCUT2D eigenvalue weighted by Crippen LogP contribution is -2.21. The number of aryl methyl sites for hydroxylation is 1. The molecule has 1 aromatic rings. The second kappa shape index (κ2) is 7.74. The van der Waals surface area contributed by atoms with Gasteiger partial charge >= 0.3 is 5.97 Å². The molecule has 0 aliphatic carbocycles. The molecule has 0 aliphatic heterocycles. The van der Waals surface area contributed by atoms with E-state index in [2.05, 4.69) is 28.9 Å². The van der Waals surface area contributed by atoms with Crippen molar-refractivity contribution >= 4 is 5.97 Å². The van der Waals surface area contributed by atoms with Gasteiger partial charge in [-0.15, -0.1) is 0 Å². The molecule has 5 heteroatoms. The Morgan fingerprint density at radius 3 is 2.79 bits per heavy atom. The predicted molar refractivity (Wildman–Crippen MR) is 73.0 cm³/mol. The minimum atomic E-state index is -0.401. The lowest BCUT2D eigenvalue weighted by Gasteiger charge is -2.12. The molecule has 1 rings (SSSR count). The van der Waals surface area contributed by atoms with Crippen molar-refractivity contribution in [1.29, 1.82) is 0 Å². The number of ether oxygens (including phenoxy) is 2. The zero-order valence-corrected chi connectivity index (χ0v) is 12.0. The van der Waals surface area contributed by atoms with Gasteiger partial charge in [0.15, 0.2) is 6.61 Å². The summed E-state index contributed by atoms with van der Waals surface area (Å²) in [4.78, 5) is 15.5. The fourth-order valence-electron chi connectivity index (χ4n) is 1.53. The molecule has 0 unspecified atom stereocenters. The quantitative estimate of drug-likeness (QED) is 0.761. The van der Waals surface area contributed by atoms with E-state index in [0.717, 1.165) is 17.9 Å². The third-order valence-electron chi connectivity index (χ3n) is 2.49. The van der Waals surface area contributed by atoms with E-state index in [1.54, 1.807) is 0 Å². The molecule has 0 bridgehead atoms. The summed E-state index contributed by atoms with van der Waals surface area (Å²) in [6.07, 6.45) is 0. The number of esters is 1. The van der Waals surface area contributed by atoms with Gasteiger partial charge in [-0.05, 0) is 31.5 Å². The van der Waals surface area contributed by atoms with Crippen LogP contribution in [0.15, 0.2) is 12.1 Å². The molecule has 5 nitrogen and oxygen atoms in total. The van der Waals surface area contributed by atoms with Crippen molar-refractivity contribution < 1.29 is 14.3 Å². The molecule has 106 valence electrons. The Bertz CT molecular complexity index is 419. The molecule has 19 heavy (non-hydrogen) atoms. The maximum absolute atomic E-state index is 11.1. The second-order valence-electron chi connectivity index (χ2n) is 4.79. The van der Waals surface area contributed by atoms with Crippen molar-refractivity contribution in [3.05, 3.63) is 23.5 Å². The number of hydrogen-bond acceptors (Lipinski definition) is 5. The van der Waals surface area contributed by atoms with Crippen LogP contribution in [-0.4, -0.2) is 31.2 Å². The molecule has 0 fully saturated rings. The number of methoxy groups -OCH3 is 1. The number of carbonyl (C=O) groups excluding carboxylic acids is 1. The summed E-state index contributed by atoms with van der Waals surface area (Å²) < 4.78 is 9.97. The summed E-state index contributed by atoms with van der Waals surface area (Å²) in [6.45, 7) is 7.65. The summed E-state index contributed by atoms with van der Waals surface area (Å²) in [5, 5.41) is 3.31.